The molecule has 1 aliphatic rings. The first-order chi connectivity index (χ1) is 10.1. The van der Waals surface area contributed by atoms with E-state index in [4.69, 9.17) is 0 Å². The third-order valence-corrected chi connectivity index (χ3v) is 4.12. The lowest BCUT2D eigenvalue weighted by atomic mass is 10.0. The molecule has 5 nitrogen and oxygen atoms in total. The highest BCUT2D eigenvalue weighted by molar-refractivity contribution is 5.80. The van der Waals surface area contributed by atoms with Gasteiger partial charge in [0.15, 0.2) is 0 Å². The van der Waals surface area contributed by atoms with Crippen LogP contribution in [-0.2, 0) is 11.3 Å². The second kappa shape index (κ2) is 5.77. The second-order valence-corrected chi connectivity index (χ2v) is 5.63. The van der Waals surface area contributed by atoms with Gasteiger partial charge in [-0.15, -0.1) is 0 Å². The molecule has 0 radical (unpaired) electrons. The smallest absolute Gasteiger partial charge is 0.320 e. The number of likely N-dealkylation sites (tertiary alicyclic amines) is 1. The van der Waals surface area contributed by atoms with Crippen molar-refractivity contribution in [3.8, 4) is 0 Å². The first-order valence-corrected chi connectivity index (χ1v) is 7.32. The van der Waals surface area contributed by atoms with Crippen LogP contribution in [0.15, 0.2) is 24.5 Å². The number of hydrogen-bond donors (Lipinski definition) is 1. The van der Waals surface area contributed by atoms with Crippen LogP contribution in [0.1, 0.15) is 30.5 Å². The van der Waals surface area contributed by atoms with Gasteiger partial charge in [-0.05, 0) is 44.0 Å². The lowest BCUT2D eigenvalue weighted by molar-refractivity contribution is -0.144. The number of aliphatic carboxylic acids is 1. The molecule has 3 heterocycles. The second-order valence-electron chi connectivity index (χ2n) is 5.63. The number of piperidine rings is 1. The van der Waals surface area contributed by atoms with Crippen LogP contribution in [0.4, 0.5) is 0 Å². The fourth-order valence-corrected chi connectivity index (χ4v) is 3.03. The zero-order valence-corrected chi connectivity index (χ0v) is 12.1. The number of nitrogens with zero attached hydrogens (tertiary/aromatic N) is 3. The van der Waals surface area contributed by atoms with Crippen molar-refractivity contribution in [2.45, 2.75) is 38.8 Å². The van der Waals surface area contributed by atoms with Gasteiger partial charge >= 0.3 is 5.97 Å². The van der Waals surface area contributed by atoms with Gasteiger partial charge in [-0.2, -0.15) is 0 Å². The van der Waals surface area contributed by atoms with E-state index in [1.54, 1.807) is 6.20 Å². The number of pyridine rings is 2. The predicted octanol–water partition coefficient (Wildman–Crippen LogP) is 2.38. The zero-order chi connectivity index (χ0) is 14.8. The van der Waals surface area contributed by atoms with Crippen molar-refractivity contribution in [2.24, 2.45) is 0 Å². The minimum atomic E-state index is -0.719. The van der Waals surface area contributed by atoms with E-state index >= 15 is 0 Å². The maximum atomic E-state index is 11.3. The summed E-state index contributed by atoms with van der Waals surface area (Å²) in [6.45, 7) is 3.42. The fraction of sp³-hybridized carbons (Fsp3) is 0.438. The monoisotopic (exact) mass is 285 g/mol. The number of hydrogen-bond acceptors (Lipinski definition) is 4. The van der Waals surface area contributed by atoms with Crippen LogP contribution in [0.25, 0.3) is 10.9 Å². The summed E-state index contributed by atoms with van der Waals surface area (Å²) in [6, 6.07) is 3.67. The molecule has 0 amide bonds. The molecule has 2 aromatic rings. The van der Waals surface area contributed by atoms with Crippen LogP contribution in [-0.4, -0.2) is 38.5 Å². The average Bonchev–Trinajstić information content (AvgIpc) is 2.48. The van der Waals surface area contributed by atoms with Gasteiger partial charge in [0.05, 0.1) is 11.2 Å². The number of fused-ring (bicyclic) bond motifs is 1. The summed E-state index contributed by atoms with van der Waals surface area (Å²) in [4.78, 5) is 22.1. The van der Waals surface area contributed by atoms with E-state index in [0.717, 1.165) is 48.0 Å². The van der Waals surface area contributed by atoms with Gasteiger partial charge in [-0.1, -0.05) is 6.42 Å². The van der Waals surface area contributed by atoms with Crippen LogP contribution < -0.4 is 0 Å². The molecule has 110 valence electrons. The number of carboxylic acids is 1. The largest absolute Gasteiger partial charge is 0.480 e. The molecule has 0 aliphatic carbocycles. The van der Waals surface area contributed by atoms with Crippen molar-refractivity contribution in [3.05, 3.63) is 35.8 Å². The van der Waals surface area contributed by atoms with Crippen molar-refractivity contribution in [3.63, 3.8) is 0 Å². The SMILES string of the molecule is Cc1nccc2cc(CN3CCCCC3C(=O)O)cnc12. The number of aromatic nitrogens is 2. The van der Waals surface area contributed by atoms with E-state index in [0.29, 0.717) is 6.54 Å². The Hall–Kier alpha value is -2.01. The third-order valence-electron chi connectivity index (χ3n) is 4.12. The Morgan fingerprint density at radius 1 is 1.43 bits per heavy atom. The van der Waals surface area contributed by atoms with Crippen molar-refractivity contribution < 1.29 is 9.90 Å². The van der Waals surface area contributed by atoms with Crippen LogP contribution >= 0.6 is 0 Å². The molecule has 1 unspecified atom stereocenters. The molecule has 1 aliphatic heterocycles. The highest BCUT2D eigenvalue weighted by Crippen LogP contribution is 2.21. The zero-order valence-electron chi connectivity index (χ0n) is 12.1. The van der Waals surface area contributed by atoms with Crippen molar-refractivity contribution in [1.29, 1.82) is 0 Å². The molecule has 21 heavy (non-hydrogen) atoms. The summed E-state index contributed by atoms with van der Waals surface area (Å²) < 4.78 is 0. The minimum absolute atomic E-state index is 0.367. The Bertz CT molecular complexity index is 672. The average molecular weight is 285 g/mol. The van der Waals surface area contributed by atoms with Crippen molar-refractivity contribution >= 4 is 16.9 Å². The molecule has 3 rings (SSSR count). The molecule has 0 spiro atoms. The van der Waals surface area contributed by atoms with Gasteiger partial charge in [0.1, 0.15) is 6.04 Å². The fourth-order valence-electron chi connectivity index (χ4n) is 3.03. The summed E-state index contributed by atoms with van der Waals surface area (Å²) in [7, 11) is 0. The number of carbonyl (C=O) groups is 1. The van der Waals surface area contributed by atoms with E-state index < -0.39 is 5.97 Å². The van der Waals surface area contributed by atoms with Crippen LogP contribution in [0, 0.1) is 6.92 Å². The van der Waals surface area contributed by atoms with Gasteiger partial charge in [-0.3, -0.25) is 19.7 Å². The Labute approximate surface area is 123 Å². The molecular weight excluding hydrogens is 266 g/mol. The lowest BCUT2D eigenvalue weighted by Gasteiger charge is -2.32. The molecule has 1 atom stereocenters. The summed E-state index contributed by atoms with van der Waals surface area (Å²) >= 11 is 0. The Morgan fingerprint density at radius 3 is 3.10 bits per heavy atom. The van der Waals surface area contributed by atoms with Gasteiger partial charge in [0.2, 0.25) is 0 Å². The maximum Gasteiger partial charge on any atom is 0.320 e. The Balaban J connectivity index is 1.85. The predicted molar refractivity (Wildman–Crippen MR) is 80.0 cm³/mol. The topological polar surface area (TPSA) is 66.3 Å². The summed E-state index contributed by atoms with van der Waals surface area (Å²) in [5.41, 5.74) is 2.89. The molecule has 0 aromatic carbocycles. The van der Waals surface area contributed by atoms with Crippen molar-refractivity contribution in [2.75, 3.05) is 6.54 Å². The molecule has 1 saturated heterocycles. The summed E-state index contributed by atoms with van der Waals surface area (Å²) in [5.74, 6) is -0.719. The highest BCUT2D eigenvalue weighted by Gasteiger charge is 2.28. The summed E-state index contributed by atoms with van der Waals surface area (Å²) in [6.07, 6.45) is 6.41. The lowest BCUT2D eigenvalue weighted by Crippen LogP contribution is -2.44. The van der Waals surface area contributed by atoms with E-state index in [9.17, 15) is 9.90 Å². The van der Waals surface area contributed by atoms with Crippen LogP contribution in [0.5, 0.6) is 0 Å². The van der Waals surface area contributed by atoms with E-state index in [-0.39, 0.29) is 6.04 Å². The normalized spacial score (nSPS) is 19.8. The quantitative estimate of drug-likeness (QED) is 0.938. The first-order valence-electron chi connectivity index (χ1n) is 7.32. The van der Waals surface area contributed by atoms with Gasteiger partial charge in [0.25, 0.3) is 0 Å². The van der Waals surface area contributed by atoms with E-state index in [1.807, 2.05) is 24.1 Å². The summed E-state index contributed by atoms with van der Waals surface area (Å²) in [5, 5.41) is 10.4. The maximum absolute atomic E-state index is 11.3. The van der Waals surface area contributed by atoms with Gasteiger partial charge < -0.3 is 5.11 Å². The standard InChI is InChI=1S/C16H19N3O2/c1-11-15-13(5-6-17-11)8-12(9-18-15)10-19-7-3-2-4-14(19)16(20)21/h5-6,8-9,14H,2-4,7,10H2,1H3,(H,20,21). The van der Waals surface area contributed by atoms with Crippen molar-refractivity contribution in [1.82, 2.24) is 14.9 Å². The Kier molecular flexibility index (Phi) is 3.84. The van der Waals surface area contributed by atoms with Gasteiger partial charge in [-0.25, -0.2) is 0 Å². The number of aryl methyl sites for hydroxylation is 1. The number of carboxylic acid groups (broad SMARTS) is 1. The molecule has 0 bridgehead atoms. The Morgan fingerprint density at radius 2 is 2.29 bits per heavy atom. The molecule has 5 heteroatoms. The highest BCUT2D eigenvalue weighted by atomic mass is 16.4. The van der Waals surface area contributed by atoms with Crippen LogP contribution in [0.3, 0.4) is 0 Å². The minimum Gasteiger partial charge on any atom is -0.480 e. The number of rotatable bonds is 3. The van der Waals surface area contributed by atoms with Crippen LogP contribution in [0.2, 0.25) is 0 Å². The molecule has 1 fully saturated rings. The van der Waals surface area contributed by atoms with Gasteiger partial charge in [0, 0.05) is 24.3 Å². The molecule has 2 aromatic heterocycles. The third kappa shape index (κ3) is 2.88. The van der Waals surface area contributed by atoms with E-state index in [2.05, 4.69) is 16.0 Å². The molecule has 1 N–H and O–H groups in total. The first kappa shape index (κ1) is 13.9. The molecular formula is C16H19N3O2. The molecule has 0 saturated carbocycles. The van der Waals surface area contributed by atoms with E-state index in [1.165, 1.54) is 0 Å².